The quantitative estimate of drug-likeness (QED) is 0.561. The lowest BCUT2D eigenvalue weighted by atomic mass is 10.1. The fourth-order valence-electron chi connectivity index (χ4n) is 2.68. The fraction of sp³-hybridized carbons (Fsp3) is 0.0909. The molecule has 4 aromatic rings. The maximum absolute atomic E-state index is 11.9. The predicted octanol–water partition coefficient (Wildman–Crippen LogP) is 4.19. The van der Waals surface area contributed by atoms with Crippen LogP contribution in [-0.2, 0) is 11.3 Å². The zero-order chi connectivity index (χ0) is 18.5. The van der Waals surface area contributed by atoms with Crippen LogP contribution in [0.5, 0.6) is 5.75 Å². The van der Waals surface area contributed by atoms with Crippen molar-refractivity contribution in [3.8, 4) is 17.2 Å². The number of fused-ring (bicyclic) bond motifs is 1. The molecular weight excluding hydrogens is 340 g/mol. The number of ether oxygens (including phenoxy) is 1. The van der Waals surface area contributed by atoms with E-state index in [4.69, 9.17) is 9.15 Å². The van der Waals surface area contributed by atoms with Crippen LogP contribution in [0.2, 0.25) is 0 Å². The van der Waals surface area contributed by atoms with Gasteiger partial charge in [-0.15, -0.1) is 0 Å². The summed E-state index contributed by atoms with van der Waals surface area (Å²) in [5, 5.41) is 2.85. The molecule has 0 saturated carbocycles. The Hall–Kier alpha value is -3.60. The average Bonchev–Trinajstić information content (AvgIpc) is 3.16. The summed E-state index contributed by atoms with van der Waals surface area (Å²) in [4.78, 5) is 16.4. The summed E-state index contributed by atoms with van der Waals surface area (Å²) in [6.45, 7) is 0.426. The zero-order valence-corrected chi connectivity index (χ0v) is 14.6. The number of nitrogens with zero attached hydrogens (tertiary/aromatic N) is 1. The van der Waals surface area contributed by atoms with Crippen LogP contribution in [0.4, 0.5) is 0 Å². The maximum atomic E-state index is 11.9. The molecule has 1 aromatic heterocycles. The normalized spacial score (nSPS) is 10.7. The van der Waals surface area contributed by atoms with Crippen molar-refractivity contribution in [2.75, 3.05) is 6.61 Å². The van der Waals surface area contributed by atoms with E-state index in [9.17, 15) is 4.79 Å². The molecule has 1 N–H and O–H groups in total. The summed E-state index contributed by atoms with van der Waals surface area (Å²) in [7, 11) is 0. The van der Waals surface area contributed by atoms with Crippen molar-refractivity contribution in [2.45, 2.75) is 6.54 Å². The molecular formula is C22H18N2O3. The van der Waals surface area contributed by atoms with E-state index in [1.54, 1.807) is 0 Å². The van der Waals surface area contributed by atoms with E-state index in [0.717, 1.165) is 22.2 Å². The number of benzene rings is 3. The molecule has 0 aliphatic rings. The van der Waals surface area contributed by atoms with E-state index in [-0.39, 0.29) is 12.5 Å². The second-order valence-corrected chi connectivity index (χ2v) is 6.06. The van der Waals surface area contributed by atoms with Gasteiger partial charge in [-0.25, -0.2) is 4.98 Å². The average molecular weight is 358 g/mol. The molecule has 0 spiro atoms. The fourth-order valence-corrected chi connectivity index (χ4v) is 2.68. The van der Waals surface area contributed by atoms with Crippen molar-refractivity contribution < 1.29 is 13.9 Å². The van der Waals surface area contributed by atoms with Crippen LogP contribution in [0.25, 0.3) is 22.6 Å². The Morgan fingerprint density at radius 3 is 2.44 bits per heavy atom. The van der Waals surface area contributed by atoms with Crippen molar-refractivity contribution in [1.82, 2.24) is 10.3 Å². The highest BCUT2D eigenvalue weighted by atomic mass is 16.5. The molecule has 3 aromatic carbocycles. The van der Waals surface area contributed by atoms with Gasteiger partial charge in [0.1, 0.15) is 11.3 Å². The van der Waals surface area contributed by atoms with Crippen molar-refractivity contribution >= 4 is 17.0 Å². The number of hydrogen-bond donors (Lipinski definition) is 1. The van der Waals surface area contributed by atoms with Crippen LogP contribution in [0.3, 0.4) is 0 Å². The zero-order valence-electron chi connectivity index (χ0n) is 14.6. The predicted molar refractivity (Wildman–Crippen MR) is 103 cm³/mol. The van der Waals surface area contributed by atoms with E-state index in [1.807, 2.05) is 78.9 Å². The standard InChI is InChI=1S/C22H18N2O3/c25-21(15-26-18-6-2-1-3-7-18)23-14-16-10-12-17(13-11-16)22-24-19-8-4-5-9-20(19)27-22/h1-13H,14-15H2,(H,23,25). The third-order valence-electron chi connectivity index (χ3n) is 4.10. The Morgan fingerprint density at radius 1 is 0.926 bits per heavy atom. The monoisotopic (exact) mass is 358 g/mol. The topological polar surface area (TPSA) is 64.4 Å². The first-order valence-electron chi connectivity index (χ1n) is 8.67. The second-order valence-electron chi connectivity index (χ2n) is 6.06. The smallest absolute Gasteiger partial charge is 0.258 e. The third kappa shape index (κ3) is 4.15. The molecule has 0 radical (unpaired) electrons. The van der Waals surface area contributed by atoms with Crippen LogP contribution < -0.4 is 10.1 Å². The van der Waals surface area contributed by atoms with Gasteiger partial charge in [-0.1, -0.05) is 42.5 Å². The molecule has 0 aliphatic heterocycles. The van der Waals surface area contributed by atoms with Crippen molar-refractivity contribution in [3.05, 3.63) is 84.4 Å². The number of nitrogens with one attached hydrogen (secondary N) is 1. The van der Waals surface area contributed by atoms with Crippen LogP contribution in [0.15, 0.2) is 83.3 Å². The van der Waals surface area contributed by atoms with E-state index in [0.29, 0.717) is 18.2 Å². The molecule has 1 heterocycles. The minimum absolute atomic E-state index is 0.00893. The summed E-state index contributed by atoms with van der Waals surface area (Å²) in [6.07, 6.45) is 0. The molecule has 0 fully saturated rings. The first-order chi connectivity index (χ1) is 13.3. The summed E-state index contributed by atoms with van der Waals surface area (Å²) in [5.41, 5.74) is 3.49. The minimum atomic E-state index is -0.165. The number of amides is 1. The largest absolute Gasteiger partial charge is 0.484 e. The lowest BCUT2D eigenvalue weighted by Crippen LogP contribution is -2.28. The van der Waals surface area contributed by atoms with Gasteiger partial charge in [-0.05, 0) is 42.0 Å². The molecule has 0 saturated heterocycles. The Morgan fingerprint density at radius 2 is 1.67 bits per heavy atom. The van der Waals surface area contributed by atoms with Crippen LogP contribution >= 0.6 is 0 Å². The number of para-hydroxylation sites is 3. The highest BCUT2D eigenvalue weighted by Crippen LogP contribution is 2.24. The maximum Gasteiger partial charge on any atom is 0.258 e. The van der Waals surface area contributed by atoms with Gasteiger partial charge in [0.05, 0.1) is 0 Å². The van der Waals surface area contributed by atoms with E-state index in [1.165, 1.54) is 0 Å². The van der Waals surface area contributed by atoms with Crippen LogP contribution in [-0.4, -0.2) is 17.5 Å². The number of carbonyl (C=O) groups excluding carboxylic acids is 1. The lowest BCUT2D eigenvalue weighted by molar-refractivity contribution is -0.123. The summed E-state index contributed by atoms with van der Waals surface area (Å²) < 4.78 is 11.2. The Bertz CT molecular complexity index is 1010. The van der Waals surface area contributed by atoms with Gasteiger partial charge in [0.2, 0.25) is 5.89 Å². The van der Waals surface area contributed by atoms with E-state index < -0.39 is 0 Å². The first-order valence-corrected chi connectivity index (χ1v) is 8.67. The molecule has 27 heavy (non-hydrogen) atoms. The van der Waals surface area contributed by atoms with Crippen molar-refractivity contribution in [1.29, 1.82) is 0 Å². The van der Waals surface area contributed by atoms with Gasteiger partial charge >= 0.3 is 0 Å². The number of oxazole rings is 1. The van der Waals surface area contributed by atoms with Gasteiger partial charge in [-0.2, -0.15) is 0 Å². The molecule has 134 valence electrons. The minimum Gasteiger partial charge on any atom is -0.484 e. The number of carbonyl (C=O) groups is 1. The van der Waals surface area contributed by atoms with Crippen molar-refractivity contribution in [2.24, 2.45) is 0 Å². The lowest BCUT2D eigenvalue weighted by Gasteiger charge is -2.07. The summed E-state index contributed by atoms with van der Waals surface area (Å²) >= 11 is 0. The van der Waals surface area contributed by atoms with Crippen LogP contribution in [0, 0.1) is 0 Å². The molecule has 5 heteroatoms. The SMILES string of the molecule is O=C(COc1ccccc1)NCc1ccc(-c2nc3ccccc3o2)cc1. The van der Waals surface area contributed by atoms with Gasteiger partial charge in [0.15, 0.2) is 12.2 Å². The number of rotatable bonds is 6. The van der Waals surface area contributed by atoms with Gasteiger partial charge in [0, 0.05) is 12.1 Å². The molecule has 4 rings (SSSR count). The molecule has 0 atom stereocenters. The third-order valence-corrected chi connectivity index (χ3v) is 4.10. The highest BCUT2D eigenvalue weighted by Gasteiger charge is 2.08. The van der Waals surface area contributed by atoms with E-state index in [2.05, 4.69) is 10.3 Å². The number of aromatic nitrogens is 1. The molecule has 0 bridgehead atoms. The number of hydrogen-bond acceptors (Lipinski definition) is 4. The van der Waals surface area contributed by atoms with Crippen molar-refractivity contribution in [3.63, 3.8) is 0 Å². The van der Waals surface area contributed by atoms with Crippen LogP contribution in [0.1, 0.15) is 5.56 Å². The van der Waals surface area contributed by atoms with Gasteiger partial charge < -0.3 is 14.5 Å². The summed E-state index contributed by atoms with van der Waals surface area (Å²) in [6, 6.07) is 24.7. The molecule has 0 unspecified atom stereocenters. The first kappa shape index (κ1) is 16.8. The highest BCUT2D eigenvalue weighted by molar-refractivity contribution is 5.77. The van der Waals surface area contributed by atoms with E-state index >= 15 is 0 Å². The van der Waals surface area contributed by atoms with Gasteiger partial charge in [0.25, 0.3) is 5.91 Å². The Balaban J connectivity index is 1.33. The summed E-state index contributed by atoms with van der Waals surface area (Å²) in [5.74, 6) is 1.10. The Labute approximate surface area is 156 Å². The second kappa shape index (κ2) is 7.74. The molecule has 0 aliphatic carbocycles. The molecule has 1 amide bonds. The molecule has 5 nitrogen and oxygen atoms in total. The Kier molecular flexibility index (Phi) is 4.83. The van der Waals surface area contributed by atoms with Gasteiger partial charge in [-0.3, -0.25) is 4.79 Å².